The Morgan fingerprint density at radius 2 is 2.08 bits per heavy atom. The van der Waals surface area contributed by atoms with Crippen LogP contribution in [-0.4, -0.2) is 70.0 Å². The molecule has 2 aliphatic heterocycles. The van der Waals surface area contributed by atoms with E-state index in [4.69, 9.17) is 0 Å². The summed E-state index contributed by atoms with van der Waals surface area (Å²) in [6, 6.07) is 7.41. The molecular formula is C19H23F2N3O2. The molecule has 0 radical (unpaired) electrons. The molecule has 0 saturated carbocycles. The summed E-state index contributed by atoms with van der Waals surface area (Å²) in [7, 11) is 0. The smallest absolute Gasteiger partial charge is 0.262 e. The Morgan fingerprint density at radius 3 is 2.85 bits per heavy atom. The Kier molecular flexibility index (Phi) is 4.44. The summed E-state index contributed by atoms with van der Waals surface area (Å²) in [5.41, 5.74) is 2.18. The number of carbonyl (C=O) groups is 1. The molecule has 140 valence electrons. The third-order valence-electron chi connectivity index (χ3n) is 5.60. The monoisotopic (exact) mass is 363 g/mol. The number of hydrogen-bond donors (Lipinski definition) is 2. The third kappa shape index (κ3) is 3.21. The van der Waals surface area contributed by atoms with E-state index in [1.54, 1.807) is 9.80 Å². The summed E-state index contributed by atoms with van der Waals surface area (Å²) >= 11 is 0. The van der Waals surface area contributed by atoms with Gasteiger partial charge in [-0.05, 0) is 18.1 Å². The van der Waals surface area contributed by atoms with Gasteiger partial charge in [0, 0.05) is 55.1 Å². The lowest BCUT2D eigenvalue weighted by molar-refractivity contribution is -0.139. The number of H-pyrrole nitrogens is 1. The van der Waals surface area contributed by atoms with Crippen molar-refractivity contribution in [2.24, 2.45) is 0 Å². The lowest BCUT2D eigenvalue weighted by Gasteiger charge is -2.45. The van der Waals surface area contributed by atoms with Crippen LogP contribution in [0.15, 0.2) is 30.5 Å². The van der Waals surface area contributed by atoms with E-state index in [0.29, 0.717) is 25.9 Å². The molecule has 0 spiro atoms. The Balaban J connectivity index is 1.30. The number of hydrogen-bond acceptors (Lipinski definition) is 3. The van der Waals surface area contributed by atoms with E-state index in [1.165, 1.54) is 0 Å². The number of amides is 1. The number of rotatable bonds is 5. The van der Waals surface area contributed by atoms with Crippen molar-refractivity contribution in [2.75, 3.05) is 26.2 Å². The van der Waals surface area contributed by atoms with Crippen molar-refractivity contribution in [3.8, 4) is 0 Å². The van der Waals surface area contributed by atoms with Crippen molar-refractivity contribution in [3.05, 3.63) is 36.0 Å². The molecule has 2 fully saturated rings. The van der Waals surface area contributed by atoms with Crippen molar-refractivity contribution < 1.29 is 18.7 Å². The van der Waals surface area contributed by atoms with Crippen LogP contribution in [0.2, 0.25) is 0 Å². The zero-order chi connectivity index (χ0) is 18.3. The highest BCUT2D eigenvalue weighted by atomic mass is 19.3. The zero-order valence-electron chi connectivity index (χ0n) is 14.5. The van der Waals surface area contributed by atoms with E-state index in [1.807, 2.05) is 30.5 Å². The number of alkyl halides is 2. The number of nitrogens with zero attached hydrogens (tertiary/aromatic N) is 2. The van der Waals surface area contributed by atoms with E-state index in [2.05, 4.69) is 4.98 Å². The van der Waals surface area contributed by atoms with Crippen LogP contribution in [0, 0.1) is 0 Å². The van der Waals surface area contributed by atoms with E-state index >= 15 is 0 Å². The molecule has 1 aromatic carbocycles. The zero-order valence-corrected chi connectivity index (χ0v) is 14.5. The molecule has 0 bridgehead atoms. The number of halogens is 2. The van der Waals surface area contributed by atoms with Crippen LogP contribution in [0.25, 0.3) is 10.9 Å². The minimum absolute atomic E-state index is 0.0537. The van der Waals surface area contributed by atoms with Crippen LogP contribution in [0.1, 0.15) is 18.4 Å². The number of aryl methyl sites for hydroxylation is 1. The first-order chi connectivity index (χ1) is 12.5. The molecular weight excluding hydrogens is 340 g/mol. The SMILES string of the molecule is O=C(CCc1c[nH]c2ccccc12)N1CC(N2CC(F)(F)C[C@H]2CO)C1. The molecule has 0 unspecified atom stereocenters. The van der Waals surface area contributed by atoms with Crippen LogP contribution in [0.3, 0.4) is 0 Å². The third-order valence-corrected chi connectivity index (χ3v) is 5.60. The summed E-state index contributed by atoms with van der Waals surface area (Å²) in [5, 5.41) is 10.5. The maximum atomic E-state index is 13.6. The van der Waals surface area contributed by atoms with Gasteiger partial charge in [-0.1, -0.05) is 18.2 Å². The Bertz CT molecular complexity index is 801. The van der Waals surface area contributed by atoms with Crippen LogP contribution >= 0.6 is 0 Å². The molecule has 0 aliphatic carbocycles. The second kappa shape index (κ2) is 6.63. The molecule has 1 atom stereocenters. The standard InChI is InChI=1S/C19H23F2N3O2/c20-19(21)7-14(11-25)24(12-19)15-9-23(10-15)18(26)6-5-13-8-22-17-4-2-1-3-16(13)17/h1-4,8,14-15,22,25H,5-7,9-12H2/t14-/m0/s1. The molecule has 4 rings (SSSR count). The summed E-state index contributed by atoms with van der Waals surface area (Å²) in [6.45, 7) is 0.361. The topological polar surface area (TPSA) is 59.6 Å². The van der Waals surface area contributed by atoms with Gasteiger partial charge in [-0.2, -0.15) is 0 Å². The second-order valence-electron chi connectivity index (χ2n) is 7.38. The van der Waals surface area contributed by atoms with Crippen molar-refractivity contribution in [3.63, 3.8) is 0 Å². The summed E-state index contributed by atoms with van der Waals surface area (Å²) < 4.78 is 27.2. The number of nitrogens with one attached hydrogen (secondary N) is 1. The number of aliphatic hydroxyl groups excluding tert-OH is 1. The number of carbonyl (C=O) groups excluding carboxylic acids is 1. The van der Waals surface area contributed by atoms with Crippen LogP contribution in [0.4, 0.5) is 8.78 Å². The molecule has 26 heavy (non-hydrogen) atoms. The largest absolute Gasteiger partial charge is 0.395 e. The fourth-order valence-electron chi connectivity index (χ4n) is 4.13. The molecule has 7 heteroatoms. The molecule has 2 aliphatic rings. The quantitative estimate of drug-likeness (QED) is 0.854. The highest BCUT2D eigenvalue weighted by molar-refractivity contribution is 5.84. The number of aliphatic hydroxyl groups is 1. The number of fused-ring (bicyclic) bond motifs is 1. The fourth-order valence-corrected chi connectivity index (χ4v) is 4.13. The van der Waals surface area contributed by atoms with Gasteiger partial charge >= 0.3 is 0 Å². The van der Waals surface area contributed by atoms with Crippen LogP contribution < -0.4 is 0 Å². The lowest BCUT2D eigenvalue weighted by Crippen LogP contribution is -2.62. The number of benzene rings is 1. The number of aromatic nitrogens is 1. The molecule has 3 heterocycles. The van der Waals surface area contributed by atoms with Gasteiger partial charge in [0.25, 0.3) is 5.92 Å². The van der Waals surface area contributed by atoms with Crippen molar-refractivity contribution in [2.45, 2.75) is 37.3 Å². The van der Waals surface area contributed by atoms with Gasteiger partial charge in [0.15, 0.2) is 0 Å². The van der Waals surface area contributed by atoms with Gasteiger partial charge in [0.2, 0.25) is 5.91 Å². The molecule has 2 aromatic rings. The van der Waals surface area contributed by atoms with Gasteiger partial charge in [-0.25, -0.2) is 8.78 Å². The maximum Gasteiger partial charge on any atom is 0.262 e. The molecule has 5 nitrogen and oxygen atoms in total. The minimum Gasteiger partial charge on any atom is -0.395 e. The summed E-state index contributed by atoms with van der Waals surface area (Å²) in [5.74, 6) is -2.69. The molecule has 1 aromatic heterocycles. The van der Waals surface area contributed by atoms with Crippen molar-refractivity contribution >= 4 is 16.8 Å². The Morgan fingerprint density at radius 1 is 1.31 bits per heavy atom. The predicted octanol–water partition coefficient (Wildman–Crippen LogP) is 2.01. The fraction of sp³-hybridized carbons (Fsp3) is 0.526. The van der Waals surface area contributed by atoms with Crippen molar-refractivity contribution in [1.82, 2.24) is 14.8 Å². The van der Waals surface area contributed by atoms with Gasteiger partial charge in [0.1, 0.15) is 0 Å². The first kappa shape index (κ1) is 17.4. The number of aromatic amines is 1. The van der Waals surface area contributed by atoms with E-state index in [9.17, 15) is 18.7 Å². The highest BCUT2D eigenvalue weighted by Gasteiger charge is 2.49. The Hall–Kier alpha value is -1.99. The Labute approximate surface area is 150 Å². The van der Waals surface area contributed by atoms with E-state index < -0.39 is 12.0 Å². The maximum absolute atomic E-state index is 13.6. The van der Waals surface area contributed by atoms with E-state index in [-0.39, 0.29) is 31.5 Å². The summed E-state index contributed by atoms with van der Waals surface area (Å²) in [4.78, 5) is 19.0. The first-order valence-electron chi connectivity index (χ1n) is 9.04. The van der Waals surface area contributed by atoms with Gasteiger partial charge < -0.3 is 15.0 Å². The first-order valence-corrected chi connectivity index (χ1v) is 9.04. The average molecular weight is 363 g/mol. The number of para-hydroxylation sites is 1. The lowest BCUT2D eigenvalue weighted by atomic mass is 10.0. The predicted molar refractivity (Wildman–Crippen MR) is 94.1 cm³/mol. The number of likely N-dealkylation sites (tertiary alicyclic amines) is 2. The summed E-state index contributed by atoms with van der Waals surface area (Å²) in [6.07, 6.45) is 2.71. The van der Waals surface area contributed by atoms with E-state index in [0.717, 1.165) is 16.5 Å². The second-order valence-corrected chi connectivity index (χ2v) is 7.38. The minimum atomic E-state index is -2.74. The normalized spacial score (nSPS) is 23.5. The van der Waals surface area contributed by atoms with Crippen LogP contribution in [-0.2, 0) is 11.2 Å². The molecule has 2 saturated heterocycles. The van der Waals surface area contributed by atoms with Crippen molar-refractivity contribution in [1.29, 1.82) is 0 Å². The average Bonchev–Trinajstić information content (AvgIpc) is 3.12. The highest BCUT2D eigenvalue weighted by Crippen LogP contribution is 2.35. The van der Waals surface area contributed by atoms with Gasteiger partial charge in [0.05, 0.1) is 13.2 Å². The molecule has 2 N–H and O–H groups in total. The van der Waals surface area contributed by atoms with Gasteiger partial charge in [-0.3, -0.25) is 9.69 Å². The van der Waals surface area contributed by atoms with Gasteiger partial charge in [-0.15, -0.1) is 0 Å². The molecule has 1 amide bonds. The van der Waals surface area contributed by atoms with Crippen LogP contribution in [0.5, 0.6) is 0 Å².